The van der Waals surface area contributed by atoms with E-state index in [1.54, 1.807) is 19.2 Å². The number of anilines is 2. The maximum atomic E-state index is 12.5. The zero-order valence-electron chi connectivity index (χ0n) is 15.4. The van der Waals surface area contributed by atoms with Crippen LogP contribution in [-0.2, 0) is 22.5 Å². The van der Waals surface area contributed by atoms with Gasteiger partial charge >= 0.3 is 5.97 Å². The van der Waals surface area contributed by atoms with E-state index in [0.717, 1.165) is 29.1 Å². The summed E-state index contributed by atoms with van der Waals surface area (Å²) in [6.45, 7) is 5.43. The van der Waals surface area contributed by atoms with Crippen LogP contribution in [0.1, 0.15) is 47.5 Å². The monoisotopic (exact) mass is 407 g/mol. The Morgan fingerprint density at radius 2 is 2.19 bits per heavy atom. The van der Waals surface area contributed by atoms with E-state index in [4.69, 9.17) is 16.3 Å². The van der Waals surface area contributed by atoms with Crippen LogP contribution in [0.3, 0.4) is 0 Å². The molecule has 1 aliphatic rings. The lowest BCUT2D eigenvalue weighted by molar-refractivity contribution is -0.116. The number of halogens is 1. The minimum absolute atomic E-state index is 0.0830. The van der Waals surface area contributed by atoms with Gasteiger partial charge in [0.15, 0.2) is 0 Å². The quantitative estimate of drug-likeness (QED) is 0.571. The van der Waals surface area contributed by atoms with Crippen molar-refractivity contribution in [2.45, 2.75) is 39.7 Å². The molecule has 6 nitrogen and oxygen atoms in total. The molecule has 3 rings (SSSR count). The van der Waals surface area contributed by atoms with Gasteiger partial charge in [0.25, 0.3) is 0 Å². The second kappa shape index (κ2) is 8.71. The van der Waals surface area contributed by atoms with Gasteiger partial charge in [0, 0.05) is 17.8 Å². The summed E-state index contributed by atoms with van der Waals surface area (Å²) in [5.41, 5.74) is 2.46. The van der Waals surface area contributed by atoms with Crippen molar-refractivity contribution in [1.82, 2.24) is 4.98 Å². The summed E-state index contributed by atoms with van der Waals surface area (Å²) in [5.74, 6) is -0.455. The largest absolute Gasteiger partial charge is 0.462 e. The van der Waals surface area contributed by atoms with Crippen LogP contribution >= 0.6 is 22.9 Å². The number of hydrogen-bond acceptors (Lipinski definition) is 6. The minimum Gasteiger partial charge on any atom is -0.462 e. The zero-order chi connectivity index (χ0) is 19.4. The number of fused-ring (bicyclic) bond motifs is 1. The summed E-state index contributed by atoms with van der Waals surface area (Å²) < 4.78 is 5.24. The number of carbonyl (C=O) groups excluding carboxylic acids is 2. The van der Waals surface area contributed by atoms with E-state index in [0.29, 0.717) is 41.7 Å². The number of esters is 1. The van der Waals surface area contributed by atoms with Crippen LogP contribution in [0.5, 0.6) is 0 Å². The first-order valence-corrected chi connectivity index (χ1v) is 10.2. The van der Waals surface area contributed by atoms with Gasteiger partial charge in [-0.25, -0.2) is 9.78 Å². The molecule has 1 N–H and O–H groups in total. The Morgan fingerprint density at radius 1 is 1.37 bits per heavy atom. The van der Waals surface area contributed by atoms with Gasteiger partial charge < -0.3 is 15.0 Å². The summed E-state index contributed by atoms with van der Waals surface area (Å²) in [5, 5.41) is 3.95. The molecule has 2 aromatic rings. The fraction of sp³-hybridized carbons (Fsp3) is 0.421. The van der Waals surface area contributed by atoms with Crippen molar-refractivity contribution < 1.29 is 14.3 Å². The Morgan fingerprint density at radius 3 is 2.85 bits per heavy atom. The molecular formula is C19H22ClN3O3S. The highest BCUT2D eigenvalue weighted by molar-refractivity contribution is 7.17. The molecule has 27 heavy (non-hydrogen) atoms. The van der Waals surface area contributed by atoms with E-state index in [-0.39, 0.29) is 11.9 Å². The molecule has 0 radical (unpaired) electrons. The number of aromatic nitrogens is 1. The second-order valence-corrected chi connectivity index (χ2v) is 7.73. The van der Waals surface area contributed by atoms with Crippen molar-refractivity contribution in [2.24, 2.45) is 0 Å². The van der Waals surface area contributed by atoms with Gasteiger partial charge in [-0.3, -0.25) is 4.79 Å². The van der Waals surface area contributed by atoms with Crippen molar-refractivity contribution in [3.05, 3.63) is 39.5 Å². The van der Waals surface area contributed by atoms with Crippen LogP contribution in [0.2, 0.25) is 5.15 Å². The highest BCUT2D eigenvalue weighted by atomic mass is 35.5. The second-order valence-electron chi connectivity index (χ2n) is 6.24. The summed E-state index contributed by atoms with van der Waals surface area (Å²) in [4.78, 5) is 32.0. The summed E-state index contributed by atoms with van der Waals surface area (Å²) in [7, 11) is 0. The molecular weight excluding hydrogens is 386 g/mol. The molecule has 0 fully saturated rings. The molecule has 0 saturated carbocycles. The zero-order valence-corrected chi connectivity index (χ0v) is 17.0. The highest BCUT2D eigenvalue weighted by Crippen LogP contribution is 2.38. The normalized spacial score (nSPS) is 13.2. The van der Waals surface area contributed by atoms with Gasteiger partial charge in [0.2, 0.25) is 5.91 Å². The van der Waals surface area contributed by atoms with E-state index >= 15 is 0 Å². The number of pyridine rings is 1. The Bertz CT molecular complexity index is 835. The molecule has 0 spiro atoms. The van der Waals surface area contributed by atoms with Crippen molar-refractivity contribution >= 4 is 45.5 Å². The lowest BCUT2D eigenvalue weighted by Crippen LogP contribution is -2.30. The Balaban J connectivity index is 1.90. The maximum absolute atomic E-state index is 12.5. The third-order valence-electron chi connectivity index (χ3n) is 4.34. The molecule has 1 aliphatic heterocycles. The van der Waals surface area contributed by atoms with E-state index in [1.807, 2.05) is 13.0 Å². The Hall–Kier alpha value is -2.12. The number of nitrogens with zero attached hydrogens (tertiary/aromatic N) is 2. The van der Waals surface area contributed by atoms with Gasteiger partial charge in [-0.2, -0.15) is 0 Å². The van der Waals surface area contributed by atoms with Crippen LogP contribution in [-0.4, -0.2) is 30.0 Å². The molecule has 3 heterocycles. The number of ether oxygens (including phenoxy) is 1. The van der Waals surface area contributed by atoms with E-state index in [9.17, 15) is 9.59 Å². The standard InChI is InChI=1S/C19H22ClN3O3S/c1-3-5-16(24)22-18-17(19(25)26-4-2)13-8-9-23(11-14(13)27-18)12-6-7-15(20)21-10-12/h6-7,10H,3-5,8-9,11H2,1-2H3,(H,22,24). The van der Waals surface area contributed by atoms with Gasteiger partial charge in [-0.1, -0.05) is 18.5 Å². The van der Waals surface area contributed by atoms with Crippen molar-refractivity contribution in [3.63, 3.8) is 0 Å². The maximum Gasteiger partial charge on any atom is 0.341 e. The van der Waals surface area contributed by atoms with Crippen molar-refractivity contribution in [2.75, 3.05) is 23.4 Å². The molecule has 0 saturated heterocycles. The molecule has 0 bridgehead atoms. The third kappa shape index (κ3) is 4.42. The van der Waals surface area contributed by atoms with Crippen LogP contribution in [0.25, 0.3) is 0 Å². The van der Waals surface area contributed by atoms with Crippen LogP contribution in [0.15, 0.2) is 18.3 Å². The first kappa shape index (κ1) is 19.6. The first-order chi connectivity index (χ1) is 13.0. The highest BCUT2D eigenvalue weighted by Gasteiger charge is 2.29. The lowest BCUT2D eigenvalue weighted by atomic mass is 10.0. The summed E-state index contributed by atoms with van der Waals surface area (Å²) >= 11 is 7.33. The molecule has 2 aromatic heterocycles. The van der Waals surface area contributed by atoms with Crippen LogP contribution in [0, 0.1) is 0 Å². The van der Waals surface area contributed by atoms with Gasteiger partial charge in [-0.15, -0.1) is 11.3 Å². The lowest BCUT2D eigenvalue weighted by Gasteiger charge is -2.28. The van der Waals surface area contributed by atoms with Crippen LogP contribution < -0.4 is 10.2 Å². The van der Waals surface area contributed by atoms with Crippen LogP contribution in [0.4, 0.5) is 10.7 Å². The Kier molecular flexibility index (Phi) is 6.34. The topological polar surface area (TPSA) is 71.5 Å². The number of amides is 1. The molecule has 1 amide bonds. The number of rotatable bonds is 6. The number of carbonyl (C=O) groups is 2. The average Bonchev–Trinajstić information content (AvgIpc) is 2.99. The molecule has 144 valence electrons. The first-order valence-electron chi connectivity index (χ1n) is 9.01. The number of thiophene rings is 1. The van der Waals surface area contributed by atoms with Crippen molar-refractivity contribution in [3.8, 4) is 0 Å². The van der Waals surface area contributed by atoms with Gasteiger partial charge in [-0.05, 0) is 37.5 Å². The number of hydrogen-bond donors (Lipinski definition) is 1. The Labute approximate surface area is 167 Å². The molecule has 0 aromatic carbocycles. The predicted octanol–water partition coefficient (Wildman–Crippen LogP) is 4.27. The SMILES string of the molecule is CCCC(=O)Nc1sc2c(c1C(=O)OCC)CCN(c1ccc(Cl)nc1)C2. The smallest absolute Gasteiger partial charge is 0.341 e. The molecule has 0 aliphatic carbocycles. The predicted molar refractivity (Wildman–Crippen MR) is 108 cm³/mol. The van der Waals surface area contributed by atoms with E-state index in [1.165, 1.54) is 11.3 Å². The fourth-order valence-electron chi connectivity index (χ4n) is 3.10. The molecule has 0 unspecified atom stereocenters. The van der Waals surface area contributed by atoms with Crippen molar-refractivity contribution in [1.29, 1.82) is 0 Å². The fourth-order valence-corrected chi connectivity index (χ4v) is 4.48. The van der Waals surface area contributed by atoms with E-state index in [2.05, 4.69) is 15.2 Å². The van der Waals surface area contributed by atoms with Gasteiger partial charge in [0.1, 0.15) is 10.2 Å². The van der Waals surface area contributed by atoms with E-state index < -0.39 is 0 Å². The molecule has 0 atom stereocenters. The third-order valence-corrected chi connectivity index (χ3v) is 5.70. The summed E-state index contributed by atoms with van der Waals surface area (Å²) in [6, 6.07) is 3.70. The average molecular weight is 408 g/mol. The minimum atomic E-state index is -0.372. The molecule has 8 heteroatoms. The summed E-state index contributed by atoms with van der Waals surface area (Å²) in [6.07, 6.45) is 3.62. The van der Waals surface area contributed by atoms with Gasteiger partial charge in [0.05, 0.1) is 30.6 Å². The number of nitrogens with one attached hydrogen (secondary N) is 1.